The van der Waals surface area contributed by atoms with Gasteiger partial charge in [0.1, 0.15) is 0 Å². The topological polar surface area (TPSA) is 32.3 Å². The first-order valence-electron chi connectivity index (χ1n) is 6.82. The maximum atomic E-state index is 11.7. The van der Waals surface area contributed by atoms with Crippen molar-refractivity contribution >= 4 is 17.5 Å². The second-order valence-electron chi connectivity index (χ2n) is 4.77. The van der Waals surface area contributed by atoms with Gasteiger partial charge < -0.3 is 10.2 Å². The summed E-state index contributed by atoms with van der Waals surface area (Å²) >= 11 is 6.03. The molecule has 0 aliphatic carbocycles. The number of carbonyl (C=O) groups excluding carboxylic acids is 1. The van der Waals surface area contributed by atoms with E-state index in [9.17, 15) is 4.79 Å². The number of hydrogen-bond acceptors (Lipinski definition) is 2. The van der Waals surface area contributed by atoms with Crippen molar-refractivity contribution in [3.05, 3.63) is 34.9 Å². The van der Waals surface area contributed by atoms with E-state index in [1.165, 1.54) is 12.8 Å². The van der Waals surface area contributed by atoms with Gasteiger partial charge in [0.15, 0.2) is 0 Å². The van der Waals surface area contributed by atoms with Gasteiger partial charge in [-0.2, -0.15) is 0 Å². The second-order valence-corrected chi connectivity index (χ2v) is 5.18. The van der Waals surface area contributed by atoms with Gasteiger partial charge in [0.2, 0.25) is 5.91 Å². The number of nitrogens with zero attached hydrogens (tertiary/aromatic N) is 1. The summed E-state index contributed by atoms with van der Waals surface area (Å²) in [7, 11) is 2.05. The molecule has 3 nitrogen and oxygen atoms in total. The molecule has 0 aliphatic heterocycles. The number of unbranched alkanes of at least 4 members (excludes halogenated alkanes) is 1. The standard InChI is InChI=1S/C15H23ClN2O/c1-3-4-10-18(2)11-9-15(19)17-12-13-7-5-6-8-14(13)16/h5-8H,3-4,9-12H2,1-2H3,(H,17,19). The molecule has 0 radical (unpaired) electrons. The van der Waals surface area contributed by atoms with Gasteiger partial charge in [0.25, 0.3) is 0 Å². The lowest BCUT2D eigenvalue weighted by Crippen LogP contribution is -2.29. The van der Waals surface area contributed by atoms with Gasteiger partial charge in [-0.1, -0.05) is 43.1 Å². The highest BCUT2D eigenvalue weighted by molar-refractivity contribution is 6.31. The van der Waals surface area contributed by atoms with Crippen LogP contribution in [0, 0.1) is 0 Å². The highest BCUT2D eigenvalue weighted by Gasteiger charge is 2.05. The Kier molecular flexibility index (Phi) is 7.53. The van der Waals surface area contributed by atoms with Crippen LogP contribution in [0.4, 0.5) is 0 Å². The van der Waals surface area contributed by atoms with Crippen LogP contribution in [-0.4, -0.2) is 30.9 Å². The summed E-state index contributed by atoms with van der Waals surface area (Å²) in [6, 6.07) is 7.57. The molecule has 4 heteroatoms. The number of rotatable bonds is 8. The molecule has 0 spiro atoms. The molecule has 0 saturated heterocycles. The van der Waals surface area contributed by atoms with Crippen LogP contribution in [-0.2, 0) is 11.3 Å². The van der Waals surface area contributed by atoms with Crippen LogP contribution < -0.4 is 5.32 Å². The van der Waals surface area contributed by atoms with Crippen LogP contribution in [0.25, 0.3) is 0 Å². The first-order valence-corrected chi connectivity index (χ1v) is 7.20. The Hall–Kier alpha value is -1.06. The fourth-order valence-electron chi connectivity index (χ4n) is 1.76. The molecule has 0 bridgehead atoms. The van der Waals surface area contributed by atoms with Gasteiger partial charge in [-0.3, -0.25) is 4.79 Å². The van der Waals surface area contributed by atoms with Crippen LogP contribution in [0.5, 0.6) is 0 Å². The summed E-state index contributed by atoms with van der Waals surface area (Å²) in [5.74, 6) is 0.0725. The number of nitrogens with one attached hydrogen (secondary N) is 1. The second kappa shape index (κ2) is 8.94. The Morgan fingerprint density at radius 3 is 2.74 bits per heavy atom. The van der Waals surface area contributed by atoms with Crippen molar-refractivity contribution in [2.45, 2.75) is 32.7 Å². The molecule has 1 aromatic rings. The van der Waals surface area contributed by atoms with Crippen molar-refractivity contribution in [3.8, 4) is 0 Å². The first kappa shape index (κ1) is 16.0. The Labute approximate surface area is 120 Å². The predicted molar refractivity (Wildman–Crippen MR) is 80.3 cm³/mol. The third-order valence-corrected chi connectivity index (χ3v) is 3.42. The lowest BCUT2D eigenvalue weighted by molar-refractivity contribution is -0.121. The molecule has 0 fully saturated rings. The summed E-state index contributed by atoms with van der Waals surface area (Å²) < 4.78 is 0. The molecule has 106 valence electrons. The number of amides is 1. The van der Waals surface area contributed by atoms with Gasteiger partial charge in [-0.05, 0) is 31.6 Å². The van der Waals surface area contributed by atoms with Crippen molar-refractivity contribution in [1.29, 1.82) is 0 Å². The van der Waals surface area contributed by atoms with E-state index in [-0.39, 0.29) is 5.91 Å². The number of hydrogen-bond donors (Lipinski definition) is 1. The minimum atomic E-state index is 0.0725. The number of carbonyl (C=O) groups is 1. The lowest BCUT2D eigenvalue weighted by atomic mass is 10.2. The minimum Gasteiger partial charge on any atom is -0.352 e. The van der Waals surface area contributed by atoms with E-state index in [2.05, 4.69) is 24.2 Å². The largest absolute Gasteiger partial charge is 0.352 e. The third kappa shape index (κ3) is 6.60. The van der Waals surface area contributed by atoms with Crippen LogP contribution >= 0.6 is 11.6 Å². The highest BCUT2D eigenvalue weighted by atomic mass is 35.5. The van der Waals surface area contributed by atoms with Gasteiger partial charge in [0.05, 0.1) is 0 Å². The number of benzene rings is 1. The number of halogens is 1. The summed E-state index contributed by atoms with van der Waals surface area (Å²) in [6.45, 7) is 4.52. The quantitative estimate of drug-likeness (QED) is 0.795. The van der Waals surface area contributed by atoms with Crippen LogP contribution in [0.3, 0.4) is 0 Å². The van der Waals surface area contributed by atoms with Crippen molar-refractivity contribution in [2.75, 3.05) is 20.1 Å². The minimum absolute atomic E-state index is 0.0725. The normalized spacial score (nSPS) is 10.7. The average Bonchev–Trinajstić information content (AvgIpc) is 2.42. The molecule has 1 rings (SSSR count). The molecule has 0 atom stereocenters. The molecule has 0 aliphatic rings. The van der Waals surface area contributed by atoms with Crippen molar-refractivity contribution in [1.82, 2.24) is 10.2 Å². The highest BCUT2D eigenvalue weighted by Crippen LogP contribution is 2.14. The molecule has 0 heterocycles. The van der Waals surface area contributed by atoms with E-state index in [0.717, 1.165) is 18.7 Å². The van der Waals surface area contributed by atoms with Crippen molar-refractivity contribution < 1.29 is 4.79 Å². The Bertz CT molecular complexity index is 395. The van der Waals surface area contributed by atoms with Crippen LogP contribution in [0.1, 0.15) is 31.7 Å². The molecule has 1 aromatic carbocycles. The summed E-state index contributed by atoms with van der Waals surface area (Å²) in [4.78, 5) is 13.9. The smallest absolute Gasteiger partial charge is 0.221 e. The Morgan fingerprint density at radius 1 is 1.32 bits per heavy atom. The fourth-order valence-corrected chi connectivity index (χ4v) is 1.96. The molecule has 0 unspecified atom stereocenters. The van der Waals surface area contributed by atoms with Crippen molar-refractivity contribution in [3.63, 3.8) is 0 Å². The van der Waals surface area contributed by atoms with E-state index in [0.29, 0.717) is 18.0 Å². The maximum Gasteiger partial charge on any atom is 0.221 e. The predicted octanol–water partition coefficient (Wildman–Crippen LogP) is 3.08. The zero-order valence-electron chi connectivity index (χ0n) is 11.8. The average molecular weight is 283 g/mol. The monoisotopic (exact) mass is 282 g/mol. The SMILES string of the molecule is CCCCN(C)CCC(=O)NCc1ccccc1Cl. The molecule has 0 aromatic heterocycles. The third-order valence-electron chi connectivity index (χ3n) is 3.05. The first-order chi connectivity index (χ1) is 9.13. The van der Waals surface area contributed by atoms with E-state index in [1.807, 2.05) is 24.3 Å². The maximum absolute atomic E-state index is 11.7. The molecule has 19 heavy (non-hydrogen) atoms. The summed E-state index contributed by atoms with van der Waals surface area (Å²) in [6.07, 6.45) is 2.89. The van der Waals surface area contributed by atoms with E-state index < -0.39 is 0 Å². The molecular weight excluding hydrogens is 260 g/mol. The van der Waals surface area contributed by atoms with E-state index >= 15 is 0 Å². The van der Waals surface area contributed by atoms with Crippen LogP contribution in [0.15, 0.2) is 24.3 Å². The molecule has 1 amide bonds. The lowest BCUT2D eigenvalue weighted by Gasteiger charge is -2.15. The van der Waals surface area contributed by atoms with E-state index in [4.69, 9.17) is 11.6 Å². The molecule has 0 saturated carbocycles. The summed E-state index contributed by atoms with van der Waals surface area (Å²) in [5, 5.41) is 3.60. The van der Waals surface area contributed by atoms with Crippen molar-refractivity contribution in [2.24, 2.45) is 0 Å². The Morgan fingerprint density at radius 2 is 2.05 bits per heavy atom. The fraction of sp³-hybridized carbons (Fsp3) is 0.533. The van der Waals surface area contributed by atoms with Gasteiger partial charge in [-0.25, -0.2) is 0 Å². The van der Waals surface area contributed by atoms with Gasteiger partial charge in [-0.15, -0.1) is 0 Å². The van der Waals surface area contributed by atoms with Crippen LogP contribution in [0.2, 0.25) is 5.02 Å². The van der Waals surface area contributed by atoms with E-state index in [1.54, 1.807) is 0 Å². The van der Waals surface area contributed by atoms with Gasteiger partial charge >= 0.3 is 0 Å². The van der Waals surface area contributed by atoms with Gasteiger partial charge in [0, 0.05) is 24.5 Å². The molecular formula is C15H23ClN2O. The zero-order chi connectivity index (χ0) is 14.1. The Balaban J connectivity index is 2.23. The zero-order valence-corrected chi connectivity index (χ0v) is 12.5. The summed E-state index contributed by atoms with van der Waals surface area (Å²) in [5.41, 5.74) is 0.955. The molecule has 1 N–H and O–H groups in total.